The standard InChI is InChI=1S/C6H4ClNO2/c7-5-1-4(3-9)2-8-6(5)10/h1-3,5H. The Morgan fingerprint density at radius 2 is 2.40 bits per heavy atom. The molecule has 0 saturated heterocycles. The summed E-state index contributed by atoms with van der Waals surface area (Å²) in [5.74, 6) is -0.424. The summed E-state index contributed by atoms with van der Waals surface area (Å²) < 4.78 is 0. The van der Waals surface area contributed by atoms with Gasteiger partial charge in [0.05, 0.1) is 0 Å². The van der Waals surface area contributed by atoms with Crippen molar-refractivity contribution in [3.05, 3.63) is 11.6 Å². The molecule has 0 saturated carbocycles. The summed E-state index contributed by atoms with van der Waals surface area (Å²) in [7, 11) is 0. The van der Waals surface area contributed by atoms with Crippen LogP contribution in [0.3, 0.4) is 0 Å². The molecule has 1 aliphatic heterocycles. The van der Waals surface area contributed by atoms with Crippen LogP contribution in [0.2, 0.25) is 0 Å². The third-order valence-electron chi connectivity index (χ3n) is 1.05. The van der Waals surface area contributed by atoms with E-state index in [1.165, 1.54) is 12.3 Å². The van der Waals surface area contributed by atoms with Crippen molar-refractivity contribution < 1.29 is 9.59 Å². The molecule has 0 bridgehead atoms. The van der Waals surface area contributed by atoms with Crippen molar-refractivity contribution >= 4 is 30.0 Å². The molecule has 0 spiro atoms. The predicted octanol–water partition coefficient (Wildman–Crippen LogP) is 0.330. The van der Waals surface area contributed by atoms with Crippen LogP contribution >= 0.6 is 11.6 Å². The molecule has 0 aliphatic carbocycles. The van der Waals surface area contributed by atoms with Gasteiger partial charge in [-0.3, -0.25) is 9.59 Å². The zero-order chi connectivity index (χ0) is 7.56. The molecular formula is C6H4ClNO2. The molecule has 1 aliphatic rings. The van der Waals surface area contributed by atoms with Gasteiger partial charge in [-0.25, -0.2) is 4.99 Å². The first-order chi connectivity index (χ1) is 4.74. The second kappa shape index (κ2) is 2.75. The number of halogens is 1. The van der Waals surface area contributed by atoms with Gasteiger partial charge in [0.15, 0.2) is 6.29 Å². The molecule has 0 aromatic heterocycles. The maximum absolute atomic E-state index is 10.6. The van der Waals surface area contributed by atoms with Crippen molar-refractivity contribution in [2.45, 2.75) is 5.38 Å². The number of alkyl halides is 1. The van der Waals surface area contributed by atoms with Crippen LogP contribution in [0.1, 0.15) is 0 Å². The fourth-order valence-electron chi connectivity index (χ4n) is 0.562. The van der Waals surface area contributed by atoms with Crippen LogP contribution in [0.25, 0.3) is 0 Å². The quantitative estimate of drug-likeness (QED) is 0.407. The smallest absolute Gasteiger partial charge is 0.267 e. The molecule has 1 atom stereocenters. The Balaban J connectivity index is 2.85. The lowest BCUT2D eigenvalue weighted by molar-refractivity contribution is -0.116. The van der Waals surface area contributed by atoms with Gasteiger partial charge in [0.1, 0.15) is 5.38 Å². The summed E-state index contributed by atoms with van der Waals surface area (Å²) in [6.07, 6.45) is 3.17. The summed E-state index contributed by atoms with van der Waals surface area (Å²) in [6.45, 7) is 0. The molecule has 52 valence electrons. The number of hydrogen-bond acceptors (Lipinski definition) is 2. The van der Waals surface area contributed by atoms with Gasteiger partial charge in [-0.1, -0.05) is 0 Å². The van der Waals surface area contributed by atoms with Gasteiger partial charge in [0, 0.05) is 11.8 Å². The topological polar surface area (TPSA) is 46.5 Å². The van der Waals surface area contributed by atoms with Gasteiger partial charge in [-0.2, -0.15) is 0 Å². The van der Waals surface area contributed by atoms with Crippen LogP contribution in [0.15, 0.2) is 16.6 Å². The van der Waals surface area contributed by atoms with E-state index in [-0.39, 0.29) is 0 Å². The predicted molar refractivity (Wildman–Crippen MR) is 37.3 cm³/mol. The highest BCUT2D eigenvalue weighted by atomic mass is 35.5. The SMILES string of the molecule is O=CC1=CC(Cl)C(=O)N=C1. The Bertz CT molecular complexity index is 232. The fraction of sp³-hybridized carbons (Fsp3) is 0.167. The number of hydrogen-bond donors (Lipinski definition) is 0. The minimum absolute atomic E-state index is 0.347. The van der Waals surface area contributed by atoms with E-state index in [9.17, 15) is 9.59 Å². The second-order valence-electron chi connectivity index (χ2n) is 1.78. The number of nitrogens with zero attached hydrogens (tertiary/aromatic N) is 1. The minimum atomic E-state index is -0.773. The molecule has 10 heavy (non-hydrogen) atoms. The van der Waals surface area contributed by atoms with E-state index in [0.29, 0.717) is 11.9 Å². The highest BCUT2D eigenvalue weighted by molar-refractivity contribution is 6.34. The first-order valence-electron chi connectivity index (χ1n) is 2.63. The van der Waals surface area contributed by atoms with Crippen molar-refractivity contribution in [3.63, 3.8) is 0 Å². The van der Waals surface area contributed by atoms with Crippen LogP contribution in [0.5, 0.6) is 0 Å². The van der Waals surface area contributed by atoms with Gasteiger partial charge in [-0.15, -0.1) is 11.6 Å². The average Bonchev–Trinajstić information content (AvgIpc) is 1.95. The van der Waals surface area contributed by atoms with Crippen molar-refractivity contribution in [2.24, 2.45) is 4.99 Å². The van der Waals surface area contributed by atoms with Crippen molar-refractivity contribution in [3.8, 4) is 0 Å². The van der Waals surface area contributed by atoms with Crippen LogP contribution in [0.4, 0.5) is 0 Å². The van der Waals surface area contributed by atoms with E-state index < -0.39 is 11.3 Å². The van der Waals surface area contributed by atoms with E-state index in [4.69, 9.17) is 11.6 Å². The Labute approximate surface area is 62.4 Å². The monoisotopic (exact) mass is 157 g/mol. The Kier molecular flexibility index (Phi) is 1.97. The fourth-order valence-corrected chi connectivity index (χ4v) is 0.764. The first kappa shape index (κ1) is 7.15. The van der Waals surface area contributed by atoms with E-state index in [1.807, 2.05) is 0 Å². The van der Waals surface area contributed by atoms with Crippen molar-refractivity contribution in [1.29, 1.82) is 0 Å². The molecule has 3 nitrogen and oxygen atoms in total. The molecule has 4 heteroatoms. The largest absolute Gasteiger partial charge is 0.298 e. The van der Waals surface area contributed by atoms with Crippen LogP contribution in [-0.4, -0.2) is 23.8 Å². The molecular weight excluding hydrogens is 154 g/mol. The number of aldehydes is 1. The van der Waals surface area contributed by atoms with E-state index in [1.54, 1.807) is 0 Å². The molecule has 0 fully saturated rings. The van der Waals surface area contributed by atoms with Gasteiger partial charge in [-0.05, 0) is 6.08 Å². The first-order valence-corrected chi connectivity index (χ1v) is 3.06. The zero-order valence-corrected chi connectivity index (χ0v) is 5.71. The lowest BCUT2D eigenvalue weighted by Crippen LogP contribution is -2.14. The van der Waals surface area contributed by atoms with Crippen LogP contribution < -0.4 is 0 Å². The molecule has 1 rings (SSSR count). The van der Waals surface area contributed by atoms with E-state index in [0.717, 1.165) is 0 Å². The highest BCUT2D eigenvalue weighted by Gasteiger charge is 2.15. The van der Waals surface area contributed by atoms with Crippen molar-refractivity contribution in [1.82, 2.24) is 0 Å². The van der Waals surface area contributed by atoms with Gasteiger partial charge < -0.3 is 0 Å². The van der Waals surface area contributed by atoms with Gasteiger partial charge >= 0.3 is 0 Å². The molecule has 1 heterocycles. The lowest BCUT2D eigenvalue weighted by atomic mass is 10.2. The highest BCUT2D eigenvalue weighted by Crippen LogP contribution is 2.07. The normalized spacial score (nSPS) is 24.3. The Morgan fingerprint density at radius 1 is 1.70 bits per heavy atom. The summed E-state index contributed by atoms with van der Waals surface area (Å²) in [4.78, 5) is 24.0. The molecule has 0 aromatic carbocycles. The Hall–Kier alpha value is -0.960. The van der Waals surface area contributed by atoms with E-state index in [2.05, 4.69) is 4.99 Å². The number of carbonyl (C=O) groups is 2. The number of amides is 1. The molecule has 1 amide bonds. The number of carbonyl (C=O) groups excluding carboxylic acids is 2. The molecule has 0 N–H and O–H groups in total. The number of aliphatic imine (C=N–C) groups is 1. The maximum atomic E-state index is 10.6. The zero-order valence-electron chi connectivity index (χ0n) is 4.95. The Morgan fingerprint density at radius 3 is 2.90 bits per heavy atom. The summed E-state index contributed by atoms with van der Waals surface area (Å²) in [5, 5.41) is -0.773. The van der Waals surface area contributed by atoms with Crippen LogP contribution in [0, 0.1) is 0 Å². The lowest BCUT2D eigenvalue weighted by Gasteiger charge is -2.02. The van der Waals surface area contributed by atoms with Gasteiger partial charge in [0.25, 0.3) is 5.91 Å². The minimum Gasteiger partial charge on any atom is -0.298 e. The summed E-state index contributed by atoms with van der Waals surface area (Å²) in [5.41, 5.74) is 0.347. The third-order valence-corrected chi connectivity index (χ3v) is 1.36. The molecule has 1 unspecified atom stereocenters. The van der Waals surface area contributed by atoms with Gasteiger partial charge in [0.2, 0.25) is 0 Å². The van der Waals surface area contributed by atoms with Crippen LogP contribution in [-0.2, 0) is 9.59 Å². The second-order valence-corrected chi connectivity index (χ2v) is 2.25. The number of dihydropyridines is 1. The molecule has 0 radical (unpaired) electrons. The number of allylic oxidation sites excluding steroid dienone is 1. The molecule has 0 aromatic rings. The van der Waals surface area contributed by atoms with E-state index >= 15 is 0 Å². The van der Waals surface area contributed by atoms with Crippen molar-refractivity contribution in [2.75, 3.05) is 0 Å². The average molecular weight is 158 g/mol. The summed E-state index contributed by atoms with van der Waals surface area (Å²) in [6, 6.07) is 0. The summed E-state index contributed by atoms with van der Waals surface area (Å²) >= 11 is 5.44. The number of rotatable bonds is 1. The maximum Gasteiger partial charge on any atom is 0.267 e. The third kappa shape index (κ3) is 1.30.